The highest BCUT2D eigenvalue weighted by Crippen LogP contribution is 2.14. The molecule has 13 heavy (non-hydrogen) atoms. The SMILES string of the molecule is Cc1ccc(C(O)C(C)[NH3+])cc1.[Cl-]. The van der Waals surface area contributed by atoms with Gasteiger partial charge in [-0.05, 0) is 19.4 Å². The highest BCUT2D eigenvalue weighted by molar-refractivity contribution is 5.23. The lowest BCUT2D eigenvalue weighted by Gasteiger charge is -2.11. The van der Waals surface area contributed by atoms with Crippen molar-refractivity contribution < 1.29 is 23.2 Å². The second-order valence-electron chi connectivity index (χ2n) is 3.33. The summed E-state index contributed by atoms with van der Waals surface area (Å²) >= 11 is 0. The first kappa shape index (κ1) is 12.4. The van der Waals surface area contributed by atoms with Crippen LogP contribution in [0.1, 0.15) is 24.2 Å². The Morgan fingerprint density at radius 3 is 2.08 bits per heavy atom. The first-order valence-corrected chi connectivity index (χ1v) is 4.19. The summed E-state index contributed by atoms with van der Waals surface area (Å²) in [5.74, 6) is 0. The Morgan fingerprint density at radius 2 is 1.69 bits per heavy atom. The topological polar surface area (TPSA) is 47.9 Å². The third kappa shape index (κ3) is 3.35. The van der Waals surface area contributed by atoms with E-state index in [1.54, 1.807) is 0 Å². The third-order valence-electron chi connectivity index (χ3n) is 1.96. The van der Waals surface area contributed by atoms with Crippen LogP contribution in [-0.2, 0) is 0 Å². The molecule has 0 bridgehead atoms. The molecule has 1 rings (SSSR count). The molecule has 1 aromatic rings. The zero-order valence-corrected chi connectivity index (χ0v) is 8.75. The standard InChI is InChI=1S/C10H15NO.ClH/c1-7-3-5-9(6-4-7)10(12)8(2)11;/h3-6,8,10,12H,11H2,1-2H3;1H. The molecule has 0 spiro atoms. The van der Waals surface area contributed by atoms with E-state index in [9.17, 15) is 5.11 Å². The first-order chi connectivity index (χ1) is 5.61. The summed E-state index contributed by atoms with van der Waals surface area (Å²) in [6.45, 7) is 3.94. The summed E-state index contributed by atoms with van der Waals surface area (Å²) in [5, 5.41) is 9.63. The fraction of sp³-hybridized carbons (Fsp3) is 0.400. The number of halogens is 1. The van der Waals surface area contributed by atoms with Crippen molar-refractivity contribution in [2.45, 2.75) is 26.0 Å². The summed E-state index contributed by atoms with van der Waals surface area (Å²) in [4.78, 5) is 0. The van der Waals surface area contributed by atoms with Gasteiger partial charge in [0.2, 0.25) is 0 Å². The lowest BCUT2D eigenvalue weighted by molar-refractivity contribution is -0.433. The van der Waals surface area contributed by atoms with Gasteiger partial charge < -0.3 is 23.2 Å². The van der Waals surface area contributed by atoms with E-state index in [0.29, 0.717) is 0 Å². The fourth-order valence-electron chi connectivity index (χ4n) is 1.09. The maximum atomic E-state index is 9.63. The van der Waals surface area contributed by atoms with Crippen LogP contribution in [0.15, 0.2) is 24.3 Å². The molecule has 0 saturated carbocycles. The minimum absolute atomic E-state index is 0. The molecule has 2 atom stereocenters. The van der Waals surface area contributed by atoms with E-state index in [1.807, 2.05) is 38.1 Å². The maximum absolute atomic E-state index is 9.63. The van der Waals surface area contributed by atoms with E-state index in [0.717, 1.165) is 5.56 Å². The van der Waals surface area contributed by atoms with E-state index < -0.39 is 6.10 Å². The van der Waals surface area contributed by atoms with Gasteiger partial charge in [0, 0.05) is 0 Å². The summed E-state index contributed by atoms with van der Waals surface area (Å²) < 4.78 is 0. The minimum Gasteiger partial charge on any atom is -1.00 e. The van der Waals surface area contributed by atoms with E-state index in [4.69, 9.17) is 0 Å². The van der Waals surface area contributed by atoms with E-state index in [1.165, 1.54) is 5.56 Å². The zero-order valence-electron chi connectivity index (χ0n) is 8.00. The lowest BCUT2D eigenvalue weighted by Crippen LogP contribution is -3.00. The van der Waals surface area contributed by atoms with Crippen LogP contribution in [0.4, 0.5) is 0 Å². The average molecular weight is 202 g/mol. The van der Waals surface area contributed by atoms with E-state index in [-0.39, 0.29) is 18.4 Å². The predicted octanol–water partition coefficient (Wildman–Crippen LogP) is -2.34. The van der Waals surface area contributed by atoms with Crippen molar-refractivity contribution in [1.82, 2.24) is 0 Å². The van der Waals surface area contributed by atoms with Gasteiger partial charge in [0.05, 0.1) is 0 Å². The summed E-state index contributed by atoms with van der Waals surface area (Å²) in [6.07, 6.45) is -0.439. The average Bonchev–Trinajstić information content (AvgIpc) is 2.04. The van der Waals surface area contributed by atoms with Crippen molar-refractivity contribution in [3.8, 4) is 0 Å². The van der Waals surface area contributed by atoms with E-state index in [2.05, 4.69) is 5.73 Å². The molecule has 0 amide bonds. The fourth-order valence-corrected chi connectivity index (χ4v) is 1.09. The van der Waals surface area contributed by atoms with Gasteiger partial charge in [0.1, 0.15) is 12.1 Å². The van der Waals surface area contributed by atoms with Crippen LogP contribution in [0.5, 0.6) is 0 Å². The summed E-state index contributed by atoms with van der Waals surface area (Å²) in [7, 11) is 0. The van der Waals surface area contributed by atoms with Crippen LogP contribution >= 0.6 is 0 Å². The van der Waals surface area contributed by atoms with Gasteiger partial charge in [-0.3, -0.25) is 0 Å². The van der Waals surface area contributed by atoms with Crippen molar-refractivity contribution in [2.24, 2.45) is 0 Å². The van der Waals surface area contributed by atoms with Crippen molar-refractivity contribution in [3.05, 3.63) is 35.4 Å². The summed E-state index contributed by atoms with van der Waals surface area (Å²) in [6, 6.07) is 7.93. The molecule has 0 heterocycles. The molecule has 0 fully saturated rings. The lowest BCUT2D eigenvalue weighted by atomic mass is 10.0. The Balaban J connectivity index is 0.00000144. The Morgan fingerprint density at radius 1 is 1.23 bits per heavy atom. The Labute approximate surface area is 85.2 Å². The zero-order chi connectivity index (χ0) is 9.14. The van der Waals surface area contributed by atoms with Gasteiger partial charge in [0.15, 0.2) is 0 Å². The monoisotopic (exact) mass is 201 g/mol. The van der Waals surface area contributed by atoms with Crippen molar-refractivity contribution in [2.75, 3.05) is 0 Å². The van der Waals surface area contributed by atoms with Crippen LogP contribution in [0.2, 0.25) is 0 Å². The largest absolute Gasteiger partial charge is 1.00 e. The molecule has 0 saturated heterocycles. The van der Waals surface area contributed by atoms with Gasteiger partial charge in [-0.25, -0.2) is 0 Å². The van der Waals surface area contributed by atoms with E-state index >= 15 is 0 Å². The molecule has 0 radical (unpaired) electrons. The van der Waals surface area contributed by atoms with Crippen LogP contribution < -0.4 is 18.1 Å². The minimum atomic E-state index is -0.439. The molecule has 0 aliphatic heterocycles. The molecule has 4 N–H and O–H groups in total. The van der Waals surface area contributed by atoms with Crippen molar-refractivity contribution in [3.63, 3.8) is 0 Å². The Hall–Kier alpha value is -0.570. The number of aryl methyl sites for hydroxylation is 1. The number of benzene rings is 1. The number of aliphatic hydroxyl groups excluding tert-OH is 1. The van der Waals surface area contributed by atoms with Crippen LogP contribution in [0.25, 0.3) is 0 Å². The smallest absolute Gasteiger partial charge is 0.130 e. The highest BCUT2D eigenvalue weighted by atomic mass is 35.5. The molecule has 2 unspecified atom stereocenters. The maximum Gasteiger partial charge on any atom is 0.130 e. The molecule has 1 aromatic carbocycles. The normalized spacial score (nSPS) is 14.5. The predicted molar refractivity (Wildman–Crippen MR) is 48.5 cm³/mol. The molecular formula is C10H16ClNO. The molecule has 74 valence electrons. The quantitative estimate of drug-likeness (QED) is 0.554. The van der Waals surface area contributed by atoms with Crippen molar-refractivity contribution in [1.29, 1.82) is 0 Å². The second-order valence-corrected chi connectivity index (χ2v) is 3.33. The molecule has 0 aliphatic rings. The van der Waals surface area contributed by atoms with Gasteiger partial charge in [-0.2, -0.15) is 0 Å². The van der Waals surface area contributed by atoms with Crippen LogP contribution in [0.3, 0.4) is 0 Å². The highest BCUT2D eigenvalue weighted by Gasteiger charge is 2.14. The van der Waals surface area contributed by atoms with Crippen LogP contribution in [-0.4, -0.2) is 11.1 Å². The van der Waals surface area contributed by atoms with Gasteiger partial charge in [-0.15, -0.1) is 0 Å². The Bertz CT molecular complexity index is 246. The second kappa shape index (κ2) is 5.22. The number of hydrogen-bond donors (Lipinski definition) is 2. The molecular weight excluding hydrogens is 186 g/mol. The third-order valence-corrected chi connectivity index (χ3v) is 1.96. The van der Waals surface area contributed by atoms with Gasteiger partial charge >= 0.3 is 0 Å². The first-order valence-electron chi connectivity index (χ1n) is 4.19. The Kier molecular flexibility index (Phi) is 4.99. The van der Waals surface area contributed by atoms with Crippen LogP contribution in [0, 0.1) is 6.92 Å². The van der Waals surface area contributed by atoms with Gasteiger partial charge in [0.25, 0.3) is 0 Å². The molecule has 0 aromatic heterocycles. The number of hydrogen-bond acceptors (Lipinski definition) is 1. The molecule has 2 nitrogen and oxygen atoms in total. The number of quaternary nitrogens is 1. The van der Waals surface area contributed by atoms with Gasteiger partial charge in [-0.1, -0.05) is 29.8 Å². The summed E-state index contributed by atoms with van der Waals surface area (Å²) in [5.41, 5.74) is 5.95. The number of aliphatic hydroxyl groups is 1. The van der Waals surface area contributed by atoms with Crippen molar-refractivity contribution >= 4 is 0 Å². The molecule has 0 aliphatic carbocycles. The molecule has 3 heteroatoms. The number of rotatable bonds is 2.